The highest BCUT2D eigenvalue weighted by Gasteiger charge is 2.32. The van der Waals surface area contributed by atoms with Crippen LogP contribution in [0.25, 0.3) is 0 Å². The molecule has 154 valence electrons. The average molecular weight is 397 g/mol. The smallest absolute Gasteiger partial charge is 0.275 e. The van der Waals surface area contributed by atoms with E-state index < -0.39 is 0 Å². The number of fused-ring (bicyclic) bond motifs is 1. The van der Waals surface area contributed by atoms with Gasteiger partial charge in [0.25, 0.3) is 5.91 Å². The van der Waals surface area contributed by atoms with Gasteiger partial charge in [-0.05, 0) is 35.9 Å². The van der Waals surface area contributed by atoms with Crippen molar-refractivity contribution in [2.75, 3.05) is 33.4 Å². The van der Waals surface area contributed by atoms with Crippen molar-refractivity contribution in [3.8, 4) is 17.2 Å². The molecule has 1 fully saturated rings. The predicted octanol–water partition coefficient (Wildman–Crippen LogP) is 1.89. The van der Waals surface area contributed by atoms with E-state index in [0.29, 0.717) is 32.3 Å². The third-order valence-electron chi connectivity index (χ3n) is 5.69. The van der Waals surface area contributed by atoms with Crippen molar-refractivity contribution in [3.63, 3.8) is 0 Å². The molecular formula is C23H29N2O4+. The van der Waals surface area contributed by atoms with Crippen molar-refractivity contribution in [2.45, 2.75) is 31.8 Å². The summed E-state index contributed by atoms with van der Waals surface area (Å²) in [6.07, 6.45) is 3.11. The number of methoxy groups -OCH3 is 1. The first kappa shape index (κ1) is 19.6. The van der Waals surface area contributed by atoms with E-state index in [4.69, 9.17) is 14.2 Å². The molecule has 2 aromatic rings. The molecule has 6 nitrogen and oxygen atoms in total. The summed E-state index contributed by atoms with van der Waals surface area (Å²) in [6, 6.07) is 14.3. The Morgan fingerprint density at radius 3 is 2.69 bits per heavy atom. The van der Waals surface area contributed by atoms with E-state index in [-0.39, 0.29) is 5.91 Å². The Balaban J connectivity index is 1.35. The van der Waals surface area contributed by atoms with Crippen molar-refractivity contribution in [3.05, 3.63) is 53.6 Å². The molecule has 1 amide bonds. The van der Waals surface area contributed by atoms with E-state index in [9.17, 15) is 4.79 Å². The lowest BCUT2D eigenvalue weighted by atomic mass is 10.0. The fraction of sp³-hybridized carbons (Fsp3) is 0.435. The van der Waals surface area contributed by atoms with Gasteiger partial charge in [-0.2, -0.15) is 0 Å². The van der Waals surface area contributed by atoms with E-state index in [1.807, 2.05) is 30.3 Å². The van der Waals surface area contributed by atoms with Gasteiger partial charge in [0.2, 0.25) is 0 Å². The van der Waals surface area contributed by atoms with Gasteiger partial charge in [-0.15, -0.1) is 0 Å². The second-order valence-corrected chi connectivity index (χ2v) is 7.66. The summed E-state index contributed by atoms with van der Waals surface area (Å²) in [6.45, 7) is 3.40. The number of carbonyl (C=O) groups is 1. The van der Waals surface area contributed by atoms with Crippen molar-refractivity contribution in [2.24, 2.45) is 0 Å². The van der Waals surface area contributed by atoms with Crippen molar-refractivity contribution in [1.82, 2.24) is 5.32 Å². The molecule has 6 heteroatoms. The predicted molar refractivity (Wildman–Crippen MR) is 110 cm³/mol. The van der Waals surface area contributed by atoms with Gasteiger partial charge in [0.15, 0.2) is 18.0 Å². The molecule has 2 N–H and O–H groups in total. The van der Waals surface area contributed by atoms with E-state index in [2.05, 4.69) is 17.4 Å². The number of amides is 1. The third kappa shape index (κ3) is 4.82. The van der Waals surface area contributed by atoms with E-state index >= 15 is 0 Å². The SMILES string of the molecule is COc1ccc(CNC(=O)C[NH+]2CCC[C@@H]2c2ccc3c(c2)OCCCO3)cc1. The lowest BCUT2D eigenvalue weighted by Gasteiger charge is -2.22. The van der Waals surface area contributed by atoms with Crippen LogP contribution in [0.5, 0.6) is 17.2 Å². The lowest BCUT2D eigenvalue weighted by Crippen LogP contribution is -3.11. The van der Waals surface area contributed by atoms with Crippen molar-refractivity contribution >= 4 is 5.91 Å². The maximum absolute atomic E-state index is 12.5. The van der Waals surface area contributed by atoms with Crippen LogP contribution >= 0.6 is 0 Å². The van der Waals surface area contributed by atoms with Gasteiger partial charge in [0.05, 0.1) is 26.9 Å². The average Bonchev–Trinajstić information content (AvgIpc) is 3.07. The molecule has 0 spiro atoms. The van der Waals surface area contributed by atoms with Crippen LogP contribution in [-0.2, 0) is 11.3 Å². The molecule has 0 radical (unpaired) electrons. The minimum Gasteiger partial charge on any atom is -0.497 e. The summed E-state index contributed by atoms with van der Waals surface area (Å²) in [5, 5.41) is 3.05. The summed E-state index contributed by atoms with van der Waals surface area (Å²) >= 11 is 0. The van der Waals surface area contributed by atoms with Crippen LogP contribution in [-0.4, -0.2) is 39.3 Å². The van der Waals surface area contributed by atoms with Gasteiger partial charge in [-0.25, -0.2) is 0 Å². The molecule has 4 rings (SSSR count). The zero-order chi connectivity index (χ0) is 20.1. The van der Waals surface area contributed by atoms with Crippen LogP contribution in [0, 0.1) is 0 Å². The molecule has 2 heterocycles. The van der Waals surface area contributed by atoms with Crippen LogP contribution in [0.3, 0.4) is 0 Å². The lowest BCUT2D eigenvalue weighted by molar-refractivity contribution is -0.910. The number of rotatable bonds is 6. The summed E-state index contributed by atoms with van der Waals surface area (Å²) in [5.41, 5.74) is 2.29. The topological polar surface area (TPSA) is 61.2 Å². The van der Waals surface area contributed by atoms with Crippen LogP contribution in [0.15, 0.2) is 42.5 Å². The molecule has 0 saturated carbocycles. The first-order valence-electron chi connectivity index (χ1n) is 10.4. The Kier molecular flexibility index (Phi) is 6.20. The molecule has 2 aliphatic rings. The van der Waals surface area contributed by atoms with Gasteiger partial charge < -0.3 is 24.4 Å². The fourth-order valence-corrected chi connectivity index (χ4v) is 4.13. The third-order valence-corrected chi connectivity index (χ3v) is 5.69. The second-order valence-electron chi connectivity index (χ2n) is 7.66. The van der Waals surface area contributed by atoms with Crippen molar-refractivity contribution in [1.29, 1.82) is 0 Å². The number of nitrogens with one attached hydrogen (secondary N) is 2. The number of likely N-dealkylation sites (tertiary alicyclic amines) is 1. The van der Waals surface area contributed by atoms with Crippen LogP contribution < -0.4 is 24.4 Å². The maximum Gasteiger partial charge on any atom is 0.275 e. The number of hydrogen-bond acceptors (Lipinski definition) is 4. The van der Waals surface area contributed by atoms with E-state index in [1.54, 1.807) is 7.11 Å². The molecule has 1 unspecified atom stereocenters. The van der Waals surface area contributed by atoms with Crippen LogP contribution in [0.1, 0.15) is 36.4 Å². The molecule has 2 aromatic carbocycles. The quantitative estimate of drug-likeness (QED) is 0.782. The number of benzene rings is 2. The number of hydrogen-bond donors (Lipinski definition) is 2. The highest BCUT2D eigenvalue weighted by molar-refractivity contribution is 5.76. The zero-order valence-corrected chi connectivity index (χ0v) is 16.9. The number of carbonyl (C=O) groups excluding carboxylic acids is 1. The Morgan fingerprint density at radius 2 is 1.90 bits per heavy atom. The molecule has 2 aliphatic heterocycles. The number of quaternary nitrogens is 1. The Morgan fingerprint density at radius 1 is 1.10 bits per heavy atom. The molecule has 29 heavy (non-hydrogen) atoms. The van der Waals surface area contributed by atoms with Gasteiger partial charge in [-0.3, -0.25) is 4.79 Å². The van der Waals surface area contributed by atoms with E-state index in [0.717, 1.165) is 48.6 Å². The molecule has 1 saturated heterocycles. The maximum atomic E-state index is 12.5. The van der Waals surface area contributed by atoms with Crippen LogP contribution in [0.2, 0.25) is 0 Å². The monoisotopic (exact) mass is 397 g/mol. The molecule has 0 bridgehead atoms. The van der Waals surface area contributed by atoms with Gasteiger partial charge in [-0.1, -0.05) is 12.1 Å². The highest BCUT2D eigenvalue weighted by atomic mass is 16.5. The Labute approximate surface area is 171 Å². The summed E-state index contributed by atoms with van der Waals surface area (Å²) in [5.74, 6) is 2.55. The Hall–Kier alpha value is -2.73. The standard InChI is InChI=1S/C23H28N2O4/c1-27-19-8-5-17(6-9-19)15-24-23(26)16-25-11-2-4-20(25)18-7-10-21-22(14-18)29-13-3-12-28-21/h5-10,14,20H,2-4,11-13,15-16H2,1H3,(H,24,26)/p+1/t20-/m1/s1. The second kappa shape index (κ2) is 9.18. The molecular weight excluding hydrogens is 368 g/mol. The van der Waals surface area contributed by atoms with Gasteiger partial charge in [0.1, 0.15) is 11.8 Å². The molecule has 0 aliphatic carbocycles. The first-order chi connectivity index (χ1) is 14.2. The normalized spacial score (nSPS) is 20.7. The minimum absolute atomic E-state index is 0.0806. The zero-order valence-electron chi connectivity index (χ0n) is 16.9. The first-order valence-corrected chi connectivity index (χ1v) is 10.4. The largest absolute Gasteiger partial charge is 0.497 e. The summed E-state index contributed by atoms with van der Waals surface area (Å²) in [7, 11) is 1.65. The van der Waals surface area contributed by atoms with Gasteiger partial charge in [0, 0.05) is 31.4 Å². The minimum atomic E-state index is 0.0806. The fourth-order valence-electron chi connectivity index (χ4n) is 4.13. The molecule has 0 aromatic heterocycles. The molecule has 2 atom stereocenters. The van der Waals surface area contributed by atoms with E-state index in [1.165, 1.54) is 10.5 Å². The van der Waals surface area contributed by atoms with Gasteiger partial charge >= 0.3 is 0 Å². The Bertz CT molecular complexity index is 837. The highest BCUT2D eigenvalue weighted by Crippen LogP contribution is 2.33. The number of ether oxygens (including phenoxy) is 3. The summed E-state index contributed by atoms with van der Waals surface area (Å²) in [4.78, 5) is 13.9. The van der Waals surface area contributed by atoms with Crippen molar-refractivity contribution < 1.29 is 23.9 Å². The van der Waals surface area contributed by atoms with Crippen LogP contribution in [0.4, 0.5) is 0 Å². The summed E-state index contributed by atoms with van der Waals surface area (Å²) < 4.78 is 16.8.